The second kappa shape index (κ2) is 4.41. The van der Waals surface area contributed by atoms with E-state index in [9.17, 15) is 4.79 Å². The first-order valence-electron chi connectivity index (χ1n) is 6.25. The summed E-state index contributed by atoms with van der Waals surface area (Å²) in [5.74, 6) is 0.854. The zero-order valence-corrected chi connectivity index (χ0v) is 13.0. The van der Waals surface area contributed by atoms with Gasteiger partial charge in [0.2, 0.25) is 0 Å². The summed E-state index contributed by atoms with van der Waals surface area (Å²) in [6, 6.07) is 1.83. The zero-order valence-electron chi connectivity index (χ0n) is 11.4. The number of carbonyl (C=O) groups is 1. The van der Waals surface area contributed by atoms with E-state index in [1.807, 2.05) is 6.07 Å². The van der Waals surface area contributed by atoms with Crippen LogP contribution in [0.2, 0.25) is 0 Å². The first kappa shape index (κ1) is 13.7. The SMILES string of the molecule is CC(C)(C)c1cc(C(=O)CBr)nc(C2(C)CC2)n1. The molecule has 4 heteroatoms. The van der Waals surface area contributed by atoms with Crippen molar-refractivity contribution in [2.45, 2.75) is 51.4 Å². The molecule has 0 radical (unpaired) electrons. The van der Waals surface area contributed by atoms with Crippen LogP contribution >= 0.6 is 15.9 Å². The quantitative estimate of drug-likeness (QED) is 0.635. The van der Waals surface area contributed by atoms with Gasteiger partial charge in [-0.1, -0.05) is 43.6 Å². The molecule has 98 valence electrons. The van der Waals surface area contributed by atoms with Crippen LogP contribution in [0.25, 0.3) is 0 Å². The van der Waals surface area contributed by atoms with Gasteiger partial charge in [-0.3, -0.25) is 4.79 Å². The topological polar surface area (TPSA) is 42.9 Å². The highest BCUT2D eigenvalue weighted by molar-refractivity contribution is 9.09. The fourth-order valence-corrected chi connectivity index (χ4v) is 2.01. The Morgan fingerprint density at radius 2 is 2.00 bits per heavy atom. The number of hydrogen-bond donors (Lipinski definition) is 0. The number of nitrogens with zero attached hydrogens (tertiary/aromatic N) is 2. The monoisotopic (exact) mass is 310 g/mol. The third-order valence-electron chi connectivity index (χ3n) is 3.44. The lowest BCUT2D eigenvalue weighted by atomic mass is 9.91. The molecule has 2 rings (SSSR count). The molecule has 0 unspecified atom stereocenters. The van der Waals surface area contributed by atoms with Crippen LogP contribution < -0.4 is 0 Å². The molecule has 0 bridgehead atoms. The van der Waals surface area contributed by atoms with Gasteiger partial charge in [-0.05, 0) is 18.9 Å². The van der Waals surface area contributed by atoms with Gasteiger partial charge >= 0.3 is 0 Å². The van der Waals surface area contributed by atoms with Crippen molar-refractivity contribution < 1.29 is 4.79 Å². The number of carbonyl (C=O) groups excluding carboxylic acids is 1. The number of rotatable bonds is 3. The molecule has 3 nitrogen and oxygen atoms in total. The van der Waals surface area contributed by atoms with Gasteiger partial charge in [0.1, 0.15) is 11.5 Å². The zero-order chi connectivity index (χ0) is 13.6. The van der Waals surface area contributed by atoms with Crippen LogP contribution in [0.15, 0.2) is 6.07 Å². The number of aromatic nitrogens is 2. The predicted octanol–water partition coefficient (Wildman–Crippen LogP) is 3.40. The van der Waals surface area contributed by atoms with Crippen LogP contribution in [0.3, 0.4) is 0 Å². The van der Waals surface area contributed by atoms with Crippen molar-refractivity contribution in [2.75, 3.05) is 5.33 Å². The number of Topliss-reactive ketones (excluding diaryl/α,β-unsaturated/α-hetero) is 1. The second-order valence-electron chi connectivity index (χ2n) is 6.33. The van der Waals surface area contributed by atoms with Crippen molar-refractivity contribution in [3.8, 4) is 0 Å². The number of alkyl halides is 1. The van der Waals surface area contributed by atoms with Gasteiger partial charge in [-0.25, -0.2) is 9.97 Å². The third kappa shape index (κ3) is 2.63. The van der Waals surface area contributed by atoms with Crippen molar-refractivity contribution in [3.05, 3.63) is 23.3 Å². The Kier molecular flexibility index (Phi) is 3.34. The maximum Gasteiger partial charge on any atom is 0.191 e. The van der Waals surface area contributed by atoms with Gasteiger partial charge in [-0.15, -0.1) is 0 Å². The molecule has 1 aliphatic carbocycles. The summed E-state index contributed by atoms with van der Waals surface area (Å²) >= 11 is 3.21. The molecule has 1 fully saturated rings. The van der Waals surface area contributed by atoms with Gasteiger partial charge in [0.15, 0.2) is 5.78 Å². The molecule has 1 aromatic heterocycles. The standard InChI is InChI=1S/C14H19BrN2O/c1-13(2,3)11-7-9(10(18)8-15)16-12(17-11)14(4)5-6-14/h7H,5-6,8H2,1-4H3. The molecule has 0 aromatic carbocycles. The van der Waals surface area contributed by atoms with Crippen molar-refractivity contribution in [2.24, 2.45) is 0 Å². The molecule has 0 N–H and O–H groups in total. The lowest BCUT2D eigenvalue weighted by molar-refractivity contribution is 0.101. The van der Waals surface area contributed by atoms with Crippen molar-refractivity contribution >= 4 is 21.7 Å². The molecule has 0 amide bonds. The van der Waals surface area contributed by atoms with E-state index < -0.39 is 0 Å². The summed E-state index contributed by atoms with van der Waals surface area (Å²) in [7, 11) is 0. The molecule has 18 heavy (non-hydrogen) atoms. The Labute approximate surface area is 117 Å². The smallest absolute Gasteiger partial charge is 0.191 e. The summed E-state index contributed by atoms with van der Waals surface area (Å²) in [4.78, 5) is 21.0. The van der Waals surface area contributed by atoms with E-state index in [2.05, 4.69) is 53.6 Å². The van der Waals surface area contributed by atoms with Crippen LogP contribution in [0.1, 0.15) is 62.5 Å². The fraction of sp³-hybridized carbons (Fsp3) is 0.643. The van der Waals surface area contributed by atoms with Gasteiger partial charge in [0.25, 0.3) is 0 Å². The molecule has 1 aliphatic rings. The van der Waals surface area contributed by atoms with Gasteiger partial charge in [0.05, 0.1) is 11.0 Å². The minimum Gasteiger partial charge on any atom is -0.291 e. The number of hydrogen-bond acceptors (Lipinski definition) is 3. The van der Waals surface area contributed by atoms with E-state index in [4.69, 9.17) is 0 Å². The summed E-state index contributed by atoms with van der Waals surface area (Å²) in [5.41, 5.74) is 1.51. The normalized spacial score (nSPS) is 17.6. The van der Waals surface area contributed by atoms with E-state index >= 15 is 0 Å². The average Bonchev–Trinajstić information content (AvgIpc) is 3.06. The number of halogens is 1. The minimum absolute atomic E-state index is 0.0217. The molecular weight excluding hydrogens is 292 g/mol. The van der Waals surface area contributed by atoms with Crippen molar-refractivity contribution in [1.29, 1.82) is 0 Å². The maximum atomic E-state index is 11.9. The second-order valence-corrected chi connectivity index (χ2v) is 6.89. The van der Waals surface area contributed by atoms with Crippen LogP contribution in [-0.4, -0.2) is 21.1 Å². The molecule has 0 spiro atoms. The Hall–Kier alpha value is -0.770. The van der Waals surface area contributed by atoms with Crippen LogP contribution in [0.4, 0.5) is 0 Å². The molecular formula is C14H19BrN2O. The van der Waals surface area contributed by atoms with Crippen LogP contribution in [-0.2, 0) is 10.8 Å². The lowest BCUT2D eigenvalue weighted by Crippen LogP contribution is -2.20. The average molecular weight is 311 g/mol. The van der Waals surface area contributed by atoms with E-state index in [1.165, 1.54) is 0 Å². The first-order chi connectivity index (χ1) is 8.26. The lowest BCUT2D eigenvalue weighted by Gasteiger charge is -2.20. The highest BCUT2D eigenvalue weighted by Crippen LogP contribution is 2.46. The van der Waals surface area contributed by atoms with E-state index in [-0.39, 0.29) is 16.6 Å². The third-order valence-corrected chi connectivity index (χ3v) is 3.95. The molecule has 0 saturated heterocycles. The Bertz CT molecular complexity index is 464. The van der Waals surface area contributed by atoms with E-state index in [0.717, 1.165) is 24.4 Å². The Balaban J connectivity index is 2.52. The van der Waals surface area contributed by atoms with E-state index in [1.54, 1.807) is 0 Å². The maximum absolute atomic E-state index is 11.9. The molecule has 0 aliphatic heterocycles. The largest absolute Gasteiger partial charge is 0.291 e. The fourth-order valence-electron chi connectivity index (χ4n) is 1.72. The van der Waals surface area contributed by atoms with Crippen molar-refractivity contribution in [1.82, 2.24) is 9.97 Å². The van der Waals surface area contributed by atoms with Gasteiger partial charge in [0, 0.05) is 10.8 Å². The van der Waals surface area contributed by atoms with Gasteiger partial charge in [-0.2, -0.15) is 0 Å². The summed E-state index contributed by atoms with van der Waals surface area (Å²) < 4.78 is 0. The Morgan fingerprint density at radius 3 is 2.44 bits per heavy atom. The van der Waals surface area contributed by atoms with Crippen LogP contribution in [0, 0.1) is 0 Å². The minimum atomic E-state index is -0.0652. The molecule has 1 heterocycles. The first-order valence-corrected chi connectivity index (χ1v) is 7.38. The Morgan fingerprint density at radius 1 is 1.39 bits per heavy atom. The highest BCUT2D eigenvalue weighted by Gasteiger charge is 2.43. The van der Waals surface area contributed by atoms with Gasteiger partial charge < -0.3 is 0 Å². The van der Waals surface area contributed by atoms with Crippen molar-refractivity contribution in [3.63, 3.8) is 0 Å². The molecule has 0 atom stereocenters. The summed E-state index contributed by atoms with van der Waals surface area (Å²) in [5, 5.41) is 0.309. The molecule has 1 saturated carbocycles. The summed E-state index contributed by atoms with van der Waals surface area (Å²) in [6.07, 6.45) is 2.23. The summed E-state index contributed by atoms with van der Waals surface area (Å²) in [6.45, 7) is 8.49. The predicted molar refractivity (Wildman–Crippen MR) is 75.4 cm³/mol. The highest BCUT2D eigenvalue weighted by atomic mass is 79.9. The van der Waals surface area contributed by atoms with E-state index in [0.29, 0.717) is 11.0 Å². The van der Waals surface area contributed by atoms with Crippen LogP contribution in [0.5, 0.6) is 0 Å². The number of ketones is 1. The molecule has 1 aromatic rings.